The van der Waals surface area contributed by atoms with E-state index in [0.717, 1.165) is 13.0 Å². The number of benzene rings is 1. The first-order valence-electron chi connectivity index (χ1n) is 7.06. The summed E-state index contributed by atoms with van der Waals surface area (Å²) in [5.74, 6) is 1.50. The van der Waals surface area contributed by atoms with Crippen LogP contribution in [0.1, 0.15) is 24.3 Å². The fourth-order valence-corrected chi connectivity index (χ4v) is 2.35. The number of halogens is 4. The molecule has 0 radical (unpaired) electrons. The number of alkyl halides is 3. The van der Waals surface area contributed by atoms with Crippen molar-refractivity contribution in [3.8, 4) is 0 Å². The van der Waals surface area contributed by atoms with Crippen LogP contribution < -0.4 is 10.6 Å². The van der Waals surface area contributed by atoms with Gasteiger partial charge in [0.05, 0.1) is 6.42 Å². The molecule has 2 unspecified atom stereocenters. The zero-order chi connectivity index (χ0) is 15.3. The van der Waals surface area contributed by atoms with Gasteiger partial charge in [0.25, 0.3) is 0 Å². The molecule has 0 aromatic heterocycles. The van der Waals surface area contributed by atoms with E-state index in [2.05, 4.69) is 27.8 Å². The zero-order valence-corrected chi connectivity index (χ0v) is 14.7. The van der Waals surface area contributed by atoms with Gasteiger partial charge in [0.15, 0.2) is 5.96 Å². The molecule has 1 fully saturated rings. The molecule has 2 rings (SSSR count). The van der Waals surface area contributed by atoms with Crippen molar-refractivity contribution >= 4 is 29.9 Å². The number of hydrogen-bond donors (Lipinski definition) is 2. The van der Waals surface area contributed by atoms with Gasteiger partial charge in [-0.05, 0) is 23.8 Å². The zero-order valence-electron chi connectivity index (χ0n) is 12.4. The third kappa shape index (κ3) is 6.41. The highest BCUT2D eigenvalue weighted by atomic mass is 127. The van der Waals surface area contributed by atoms with Crippen LogP contribution in [0.5, 0.6) is 0 Å². The van der Waals surface area contributed by atoms with Crippen molar-refractivity contribution in [2.75, 3.05) is 20.1 Å². The minimum absolute atomic E-state index is 0. The second kappa shape index (κ2) is 8.59. The van der Waals surface area contributed by atoms with Gasteiger partial charge < -0.3 is 10.6 Å². The number of guanidine groups is 1. The Morgan fingerprint density at radius 1 is 1.23 bits per heavy atom. The normalized spacial score (nSPS) is 21.0. The maximum atomic E-state index is 12.1. The van der Waals surface area contributed by atoms with Crippen molar-refractivity contribution in [3.63, 3.8) is 0 Å². The van der Waals surface area contributed by atoms with E-state index in [0.29, 0.717) is 17.8 Å². The summed E-state index contributed by atoms with van der Waals surface area (Å²) in [6.45, 7) is 0.571. The highest BCUT2D eigenvalue weighted by molar-refractivity contribution is 14.0. The molecule has 1 aromatic carbocycles. The van der Waals surface area contributed by atoms with Crippen molar-refractivity contribution in [1.82, 2.24) is 10.6 Å². The Bertz CT molecular complexity index is 477. The fourth-order valence-electron chi connectivity index (χ4n) is 2.35. The summed E-state index contributed by atoms with van der Waals surface area (Å²) in [7, 11) is 1.56. The van der Waals surface area contributed by atoms with E-state index in [4.69, 9.17) is 0 Å². The molecule has 1 aromatic rings. The van der Waals surface area contributed by atoms with E-state index in [9.17, 15) is 13.2 Å². The van der Waals surface area contributed by atoms with Gasteiger partial charge in [-0.2, -0.15) is 13.2 Å². The number of aliphatic imine (C=N–C) groups is 1. The van der Waals surface area contributed by atoms with Crippen molar-refractivity contribution in [3.05, 3.63) is 35.9 Å². The summed E-state index contributed by atoms with van der Waals surface area (Å²) in [4.78, 5) is 3.93. The van der Waals surface area contributed by atoms with Crippen LogP contribution in [0, 0.1) is 5.92 Å². The van der Waals surface area contributed by atoms with Gasteiger partial charge in [0.2, 0.25) is 0 Å². The van der Waals surface area contributed by atoms with Gasteiger partial charge in [0.1, 0.15) is 0 Å². The summed E-state index contributed by atoms with van der Waals surface area (Å²) in [5, 5.41) is 5.77. The van der Waals surface area contributed by atoms with E-state index in [1.54, 1.807) is 7.05 Å². The van der Waals surface area contributed by atoms with Crippen LogP contribution in [0.2, 0.25) is 0 Å². The summed E-state index contributed by atoms with van der Waals surface area (Å²) in [5.41, 5.74) is 1.32. The molecule has 2 atom stereocenters. The van der Waals surface area contributed by atoms with E-state index in [1.807, 2.05) is 18.2 Å². The Labute approximate surface area is 145 Å². The second-order valence-corrected chi connectivity index (χ2v) is 5.26. The van der Waals surface area contributed by atoms with Gasteiger partial charge in [-0.25, -0.2) is 0 Å². The minimum Gasteiger partial charge on any atom is -0.356 e. The van der Waals surface area contributed by atoms with Crippen LogP contribution in [0.3, 0.4) is 0 Å². The summed E-state index contributed by atoms with van der Waals surface area (Å²) < 4.78 is 36.2. The van der Waals surface area contributed by atoms with Crippen molar-refractivity contribution in [2.24, 2.45) is 10.9 Å². The summed E-state index contributed by atoms with van der Waals surface area (Å²) in [6.07, 6.45) is -3.89. The maximum Gasteiger partial charge on any atom is 0.390 e. The highest BCUT2D eigenvalue weighted by Crippen LogP contribution is 2.46. The quantitative estimate of drug-likeness (QED) is 0.429. The topological polar surface area (TPSA) is 36.4 Å². The Balaban J connectivity index is 0.00000242. The van der Waals surface area contributed by atoms with Crippen LogP contribution in [0.4, 0.5) is 13.2 Å². The SMILES string of the molecule is CN=C(NCCC(F)(F)F)NCC1CC1c1ccccc1.I. The van der Waals surface area contributed by atoms with E-state index < -0.39 is 12.6 Å². The molecule has 0 spiro atoms. The first-order chi connectivity index (χ1) is 9.99. The number of nitrogens with zero attached hydrogens (tertiary/aromatic N) is 1. The Morgan fingerprint density at radius 3 is 2.50 bits per heavy atom. The molecule has 0 bridgehead atoms. The molecule has 7 heteroatoms. The standard InChI is InChI=1S/C15H20F3N3.HI/c1-19-14(20-8-7-15(16,17)18)21-10-12-9-13(12)11-5-3-2-4-6-11;/h2-6,12-13H,7-10H2,1H3,(H2,19,20,21);1H. The van der Waals surface area contributed by atoms with E-state index in [-0.39, 0.29) is 30.5 Å². The van der Waals surface area contributed by atoms with E-state index in [1.165, 1.54) is 5.56 Å². The molecule has 22 heavy (non-hydrogen) atoms. The third-order valence-electron chi connectivity index (χ3n) is 3.61. The third-order valence-corrected chi connectivity index (χ3v) is 3.61. The van der Waals surface area contributed by atoms with Crippen LogP contribution in [0.15, 0.2) is 35.3 Å². The first kappa shape index (κ1) is 19.1. The average molecular weight is 427 g/mol. The van der Waals surface area contributed by atoms with Crippen molar-refractivity contribution in [1.29, 1.82) is 0 Å². The van der Waals surface area contributed by atoms with Crippen molar-refractivity contribution in [2.45, 2.75) is 24.9 Å². The van der Waals surface area contributed by atoms with Gasteiger partial charge in [-0.3, -0.25) is 4.99 Å². The largest absolute Gasteiger partial charge is 0.390 e. The second-order valence-electron chi connectivity index (χ2n) is 5.26. The Morgan fingerprint density at radius 2 is 1.91 bits per heavy atom. The molecule has 0 saturated heterocycles. The van der Waals surface area contributed by atoms with Crippen LogP contribution in [-0.2, 0) is 0 Å². The molecule has 1 aliphatic carbocycles. The smallest absolute Gasteiger partial charge is 0.356 e. The van der Waals surface area contributed by atoms with Crippen LogP contribution >= 0.6 is 24.0 Å². The fraction of sp³-hybridized carbons (Fsp3) is 0.533. The lowest BCUT2D eigenvalue weighted by atomic mass is 10.1. The lowest BCUT2D eigenvalue weighted by molar-refractivity contribution is -0.132. The molecule has 1 aliphatic rings. The molecule has 1 saturated carbocycles. The lowest BCUT2D eigenvalue weighted by Gasteiger charge is -2.12. The van der Waals surface area contributed by atoms with Gasteiger partial charge in [-0.15, -0.1) is 24.0 Å². The molecular weight excluding hydrogens is 406 g/mol. The molecule has 3 nitrogen and oxygen atoms in total. The molecule has 0 aliphatic heterocycles. The van der Waals surface area contributed by atoms with Gasteiger partial charge in [-0.1, -0.05) is 30.3 Å². The monoisotopic (exact) mass is 427 g/mol. The first-order valence-corrected chi connectivity index (χ1v) is 7.06. The van der Waals surface area contributed by atoms with Crippen molar-refractivity contribution < 1.29 is 13.2 Å². The molecular formula is C15H21F3IN3. The van der Waals surface area contributed by atoms with Gasteiger partial charge in [0, 0.05) is 20.1 Å². The minimum atomic E-state index is -4.14. The number of hydrogen-bond acceptors (Lipinski definition) is 1. The van der Waals surface area contributed by atoms with Gasteiger partial charge >= 0.3 is 6.18 Å². The van der Waals surface area contributed by atoms with Crippen LogP contribution in [-0.4, -0.2) is 32.3 Å². The number of nitrogens with one attached hydrogen (secondary N) is 2. The molecule has 0 amide bonds. The predicted octanol–water partition coefficient (Wildman–Crippen LogP) is 3.53. The number of rotatable bonds is 5. The van der Waals surface area contributed by atoms with E-state index >= 15 is 0 Å². The molecule has 2 N–H and O–H groups in total. The Hall–Kier alpha value is -0.990. The predicted molar refractivity (Wildman–Crippen MR) is 92.7 cm³/mol. The Kier molecular flexibility index (Phi) is 7.44. The molecule has 0 heterocycles. The average Bonchev–Trinajstić information content (AvgIpc) is 3.22. The maximum absolute atomic E-state index is 12.1. The molecule has 124 valence electrons. The summed E-state index contributed by atoms with van der Waals surface area (Å²) >= 11 is 0. The van der Waals surface area contributed by atoms with Crippen LogP contribution in [0.25, 0.3) is 0 Å². The highest BCUT2D eigenvalue weighted by Gasteiger charge is 2.37. The lowest BCUT2D eigenvalue weighted by Crippen LogP contribution is -2.39. The summed E-state index contributed by atoms with van der Waals surface area (Å²) in [6, 6.07) is 10.3.